The van der Waals surface area contributed by atoms with Gasteiger partial charge in [-0.3, -0.25) is 0 Å². The van der Waals surface area contributed by atoms with Gasteiger partial charge in [-0.15, -0.1) is 0 Å². The maximum Gasteiger partial charge on any atom is 0.219 e. The molecule has 0 aliphatic carbocycles. The predicted octanol–water partition coefficient (Wildman–Crippen LogP) is 3.69. The summed E-state index contributed by atoms with van der Waals surface area (Å²) >= 11 is 6.02. The predicted molar refractivity (Wildman–Crippen MR) is 73.2 cm³/mol. The van der Waals surface area contributed by atoms with E-state index >= 15 is 0 Å². The summed E-state index contributed by atoms with van der Waals surface area (Å²) in [5.74, 6) is 0.720. The summed E-state index contributed by atoms with van der Waals surface area (Å²) in [4.78, 5) is 4.30. The molecule has 0 spiro atoms. The fraction of sp³-hybridized carbons (Fsp3) is 0.214. The van der Waals surface area contributed by atoms with Gasteiger partial charge >= 0.3 is 0 Å². The lowest BCUT2D eigenvalue weighted by atomic mass is 10.2. The molecule has 1 aromatic heterocycles. The molecule has 0 radical (unpaired) electrons. The number of aromatic nitrogens is 1. The molecule has 0 amide bonds. The first-order valence-corrected chi connectivity index (χ1v) is 6.22. The molecule has 0 fully saturated rings. The summed E-state index contributed by atoms with van der Waals surface area (Å²) in [7, 11) is 1.81. The minimum atomic E-state index is -0.257. The van der Waals surface area contributed by atoms with Crippen molar-refractivity contribution in [1.29, 1.82) is 0 Å². The van der Waals surface area contributed by atoms with Crippen molar-refractivity contribution >= 4 is 11.6 Å². The van der Waals surface area contributed by atoms with Gasteiger partial charge in [0.2, 0.25) is 5.88 Å². The number of benzene rings is 1. The molecule has 0 aliphatic heterocycles. The van der Waals surface area contributed by atoms with Crippen LogP contribution in [0.4, 0.5) is 4.39 Å². The third-order valence-electron chi connectivity index (χ3n) is 2.59. The number of hydrogen-bond donors (Lipinski definition) is 1. The number of rotatable bonds is 4. The maximum atomic E-state index is 13.2. The Hall–Kier alpha value is -1.65. The highest BCUT2D eigenvalue weighted by molar-refractivity contribution is 6.31. The Kier molecular flexibility index (Phi) is 4.35. The molecule has 2 aromatic rings. The fourth-order valence-electron chi connectivity index (χ4n) is 1.61. The molecule has 5 heteroatoms. The van der Waals surface area contributed by atoms with Crippen LogP contribution in [0.2, 0.25) is 5.02 Å². The Morgan fingerprint density at radius 3 is 2.79 bits per heavy atom. The zero-order chi connectivity index (χ0) is 13.8. The maximum absolute atomic E-state index is 13.2. The van der Waals surface area contributed by atoms with Gasteiger partial charge in [0.05, 0.1) is 10.7 Å². The van der Waals surface area contributed by atoms with Crippen molar-refractivity contribution in [3.05, 3.63) is 52.4 Å². The van der Waals surface area contributed by atoms with Gasteiger partial charge < -0.3 is 10.1 Å². The molecule has 0 bridgehead atoms. The van der Waals surface area contributed by atoms with Crippen LogP contribution in [0.5, 0.6) is 11.6 Å². The Morgan fingerprint density at radius 1 is 1.32 bits per heavy atom. The van der Waals surface area contributed by atoms with Gasteiger partial charge in [0.1, 0.15) is 11.6 Å². The van der Waals surface area contributed by atoms with Crippen molar-refractivity contribution in [2.45, 2.75) is 13.5 Å². The molecular weight excluding hydrogens is 267 g/mol. The molecule has 19 heavy (non-hydrogen) atoms. The molecule has 3 nitrogen and oxygen atoms in total. The molecule has 0 atom stereocenters. The van der Waals surface area contributed by atoms with Crippen molar-refractivity contribution in [3.8, 4) is 11.6 Å². The van der Waals surface area contributed by atoms with Gasteiger partial charge in [0.15, 0.2) is 0 Å². The lowest BCUT2D eigenvalue weighted by molar-refractivity contribution is 0.457. The van der Waals surface area contributed by atoms with Crippen LogP contribution in [0.1, 0.15) is 11.3 Å². The van der Waals surface area contributed by atoms with Crippen LogP contribution in [-0.2, 0) is 6.54 Å². The van der Waals surface area contributed by atoms with Crippen LogP contribution in [-0.4, -0.2) is 12.0 Å². The summed E-state index contributed by atoms with van der Waals surface area (Å²) < 4.78 is 18.7. The lowest BCUT2D eigenvalue weighted by Crippen LogP contribution is -2.07. The molecule has 2 rings (SSSR count). The van der Waals surface area contributed by atoms with Crippen molar-refractivity contribution in [3.63, 3.8) is 0 Å². The van der Waals surface area contributed by atoms with E-state index in [0.29, 0.717) is 34.5 Å². The second-order valence-corrected chi connectivity index (χ2v) is 4.53. The first-order chi connectivity index (χ1) is 9.10. The Labute approximate surface area is 116 Å². The summed E-state index contributed by atoms with van der Waals surface area (Å²) in [5.41, 5.74) is 1.24. The summed E-state index contributed by atoms with van der Waals surface area (Å²) in [5, 5.41) is 3.56. The van der Waals surface area contributed by atoms with E-state index in [2.05, 4.69) is 10.3 Å². The molecule has 1 N–H and O–H groups in total. The molecule has 1 aromatic carbocycles. The van der Waals surface area contributed by atoms with Gasteiger partial charge in [-0.1, -0.05) is 11.6 Å². The minimum absolute atomic E-state index is 0.257. The van der Waals surface area contributed by atoms with Crippen molar-refractivity contribution in [1.82, 2.24) is 10.3 Å². The van der Waals surface area contributed by atoms with E-state index in [9.17, 15) is 4.39 Å². The van der Waals surface area contributed by atoms with Crippen LogP contribution >= 0.6 is 11.6 Å². The average Bonchev–Trinajstić information content (AvgIpc) is 2.38. The monoisotopic (exact) mass is 280 g/mol. The number of nitrogens with zero attached hydrogens (tertiary/aromatic N) is 1. The Bertz CT molecular complexity index is 590. The van der Waals surface area contributed by atoms with Crippen molar-refractivity contribution in [2.24, 2.45) is 0 Å². The third kappa shape index (κ3) is 3.43. The van der Waals surface area contributed by atoms with Crippen LogP contribution in [0.3, 0.4) is 0 Å². The highest BCUT2D eigenvalue weighted by Gasteiger charge is 2.06. The SMILES string of the molecule is CNCc1nc(Oc2ccc(F)c(C)c2)ccc1Cl. The molecule has 100 valence electrons. The fourth-order valence-corrected chi connectivity index (χ4v) is 1.79. The molecular formula is C14H14ClFN2O. The van der Waals surface area contributed by atoms with Crippen molar-refractivity contribution < 1.29 is 9.13 Å². The van der Waals surface area contributed by atoms with Crippen LogP contribution in [0, 0.1) is 12.7 Å². The van der Waals surface area contributed by atoms with E-state index < -0.39 is 0 Å². The third-order valence-corrected chi connectivity index (χ3v) is 2.93. The number of aryl methyl sites for hydroxylation is 1. The molecule has 1 heterocycles. The summed E-state index contributed by atoms with van der Waals surface area (Å²) in [6.07, 6.45) is 0. The zero-order valence-corrected chi connectivity index (χ0v) is 11.5. The normalized spacial score (nSPS) is 10.5. The second-order valence-electron chi connectivity index (χ2n) is 4.12. The Balaban J connectivity index is 2.22. The quantitative estimate of drug-likeness (QED) is 0.927. The number of nitrogens with one attached hydrogen (secondary N) is 1. The van der Waals surface area contributed by atoms with E-state index in [4.69, 9.17) is 16.3 Å². The molecule has 0 saturated carbocycles. The van der Waals surface area contributed by atoms with E-state index in [1.54, 1.807) is 31.2 Å². The highest BCUT2D eigenvalue weighted by atomic mass is 35.5. The smallest absolute Gasteiger partial charge is 0.219 e. The van der Waals surface area contributed by atoms with E-state index in [1.165, 1.54) is 6.07 Å². The average molecular weight is 281 g/mol. The van der Waals surface area contributed by atoms with Gasteiger partial charge in [-0.25, -0.2) is 9.37 Å². The topological polar surface area (TPSA) is 34.2 Å². The standard InChI is InChI=1S/C14H14ClFN2O/c1-9-7-10(3-5-12(9)16)19-14-6-4-11(15)13(18-14)8-17-2/h3-7,17H,8H2,1-2H3. The number of halogens is 2. The first-order valence-electron chi connectivity index (χ1n) is 5.84. The molecule has 0 unspecified atom stereocenters. The van der Waals surface area contributed by atoms with Crippen LogP contribution in [0.15, 0.2) is 30.3 Å². The number of hydrogen-bond acceptors (Lipinski definition) is 3. The van der Waals surface area contributed by atoms with Gasteiger partial charge in [0, 0.05) is 12.6 Å². The van der Waals surface area contributed by atoms with Gasteiger partial charge in [0.25, 0.3) is 0 Å². The van der Waals surface area contributed by atoms with E-state index in [1.807, 2.05) is 7.05 Å². The van der Waals surface area contributed by atoms with E-state index in [0.717, 1.165) is 0 Å². The van der Waals surface area contributed by atoms with Gasteiger partial charge in [-0.2, -0.15) is 0 Å². The summed E-state index contributed by atoms with van der Waals surface area (Å²) in [6, 6.07) is 7.97. The highest BCUT2D eigenvalue weighted by Crippen LogP contribution is 2.24. The Morgan fingerprint density at radius 2 is 2.11 bits per heavy atom. The van der Waals surface area contributed by atoms with Crippen LogP contribution in [0.25, 0.3) is 0 Å². The van der Waals surface area contributed by atoms with Crippen LogP contribution < -0.4 is 10.1 Å². The van der Waals surface area contributed by atoms with E-state index in [-0.39, 0.29) is 5.82 Å². The largest absolute Gasteiger partial charge is 0.439 e. The first kappa shape index (κ1) is 13.8. The minimum Gasteiger partial charge on any atom is -0.439 e. The number of ether oxygens (including phenoxy) is 1. The summed E-state index contributed by atoms with van der Waals surface area (Å²) in [6.45, 7) is 2.24. The number of pyridine rings is 1. The lowest BCUT2D eigenvalue weighted by Gasteiger charge is -2.08. The second kappa shape index (κ2) is 5.99. The molecule has 0 aliphatic rings. The zero-order valence-electron chi connectivity index (χ0n) is 10.7. The van der Waals surface area contributed by atoms with Crippen molar-refractivity contribution in [2.75, 3.05) is 7.05 Å². The van der Waals surface area contributed by atoms with Gasteiger partial charge in [-0.05, 0) is 43.8 Å². The molecule has 0 saturated heterocycles.